The smallest absolute Gasteiger partial charge is 0.351 e. The first-order valence-electron chi connectivity index (χ1n) is 5.88. The highest BCUT2D eigenvalue weighted by molar-refractivity contribution is 5.25. The molecule has 4 atom stereocenters. The van der Waals surface area contributed by atoms with Crippen LogP contribution in [0.1, 0.15) is 13.2 Å². The Balaban J connectivity index is 2.44. The zero-order valence-electron chi connectivity index (χ0n) is 10.7. The van der Waals surface area contributed by atoms with Gasteiger partial charge in [-0.3, -0.25) is 4.57 Å². The molecule has 1 aliphatic heterocycles. The van der Waals surface area contributed by atoms with Crippen LogP contribution in [0.3, 0.4) is 0 Å². The van der Waals surface area contributed by atoms with Gasteiger partial charge in [0.1, 0.15) is 18.0 Å². The van der Waals surface area contributed by atoms with Gasteiger partial charge in [-0.25, -0.2) is 4.79 Å². The molecule has 0 bridgehead atoms. The molecule has 5 N–H and O–H groups in total. The molecule has 0 aromatic carbocycles. The summed E-state index contributed by atoms with van der Waals surface area (Å²) in [5.74, 6) is 5.07. The second kappa shape index (κ2) is 5.22. The van der Waals surface area contributed by atoms with Gasteiger partial charge in [-0.05, 0) is 13.0 Å². The van der Waals surface area contributed by atoms with Gasteiger partial charge in [0, 0.05) is 6.20 Å². The van der Waals surface area contributed by atoms with Crippen LogP contribution in [0.25, 0.3) is 0 Å². The average Bonchev–Trinajstić information content (AvgIpc) is 2.65. The van der Waals surface area contributed by atoms with Crippen LogP contribution in [-0.4, -0.2) is 49.3 Å². The second-order valence-corrected chi connectivity index (χ2v) is 4.41. The third-order valence-corrected chi connectivity index (χ3v) is 3.12. The molecule has 108 valence electrons. The summed E-state index contributed by atoms with van der Waals surface area (Å²) in [5.41, 5.74) is 3.00. The number of hydrogen-bond donors (Lipinski definition) is 4. The topological polar surface area (TPSA) is 131 Å². The Morgan fingerprint density at radius 3 is 2.85 bits per heavy atom. The standard InChI is InChI=1S/C12H15N3O5/c1-2-4-12(6-16)9(18)8(17)10(20-12)15-5-3-7(13)14-11(15)19/h3,5,8-10,16-18H,6H2,1H3,(H2,13,14,19)/t8-,9-,10+,12+/m0/s1. The summed E-state index contributed by atoms with van der Waals surface area (Å²) in [4.78, 5) is 15.2. The lowest BCUT2D eigenvalue weighted by Crippen LogP contribution is -2.45. The Bertz CT molecular complexity index is 619. The van der Waals surface area contributed by atoms with Crippen LogP contribution < -0.4 is 11.4 Å². The van der Waals surface area contributed by atoms with Gasteiger partial charge in [0.05, 0.1) is 6.61 Å². The first kappa shape index (κ1) is 14.5. The van der Waals surface area contributed by atoms with Crippen molar-refractivity contribution in [3.8, 4) is 11.8 Å². The molecular formula is C12H15N3O5. The third kappa shape index (κ3) is 2.17. The van der Waals surface area contributed by atoms with Crippen molar-refractivity contribution in [2.75, 3.05) is 12.3 Å². The van der Waals surface area contributed by atoms with E-state index in [-0.39, 0.29) is 5.82 Å². The maximum atomic E-state index is 11.7. The molecule has 0 radical (unpaired) electrons. The first-order valence-corrected chi connectivity index (χ1v) is 5.88. The van der Waals surface area contributed by atoms with Gasteiger partial charge in [0.15, 0.2) is 11.8 Å². The molecule has 2 heterocycles. The van der Waals surface area contributed by atoms with Crippen molar-refractivity contribution in [3.05, 3.63) is 22.7 Å². The lowest BCUT2D eigenvalue weighted by Gasteiger charge is -2.23. The van der Waals surface area contributed by atoms with Crippen LogP contribution in [0, 0.1) is 11.8 Å². The normalized spacial score (nSPS) is 32.7. The van der Waals surface area contributed by atoms with Crippen molar-refractivity contribution in [1.82, 2.24) is 9.55 Å². The maximum absolute atomic E-state index is 11.7. The van der Waals surface area contributed by atoms with Gasteiger partial charge in [-0.2, -0.15) is 4.98 Å². The summed E-state index contributed by atoms with van der Waals surface area (Å²) in [6.45, 7) is 0.879. The van der Waals surface area contributed by atoms with Crippen LogP contribution in [-0.2, 0) is 4.74 Å². The number of aliphatic hydroxyl groups excluding tert-OH is 3. The summed E-state index contributed by atoms with van der Waals surface area (Å²) in [5, 5.41) is 29.4. The summed E-state index contributed by atoms with van der Waals surface area (Å²) < 4.78 is 6.41. The van der Waals surface area contributed by atoms with Gasteiger partial charge in [0.2, 0.25) is 0 Å². The highest BCUT2D eigenvalue weighted by Gasteiger charge is 2.54. The molecule has 1 saturated heterocycles. The molecule has 0 spiro atoms. The molecule has 0 unspecified atom stereocenters. The second-order valence-electron chi connectivity index (χ2n) is 4.41. The zero-order chi connectivity index (χ0) is 14.9. The summed E-state index contributed by atoms with van der Waals surface area (Å²) >= 11 is 0. The molecule has 1 aromatic heterocycles. The fourth-order valence-corrected chi connectivity index (χ4v) is 2.11. The number of ether oxygens (including phenoxy) is 1. The van der Waals surface area contributed by atoms with Crippen LogP contribution in [0.4, 0.5) is 5.82 Å². The Morgan fingerprint density at radius 2 is 2.30 bits per heavy atom. The molecule has 20 heavy (non-hydrogen) atoms. The number of nitrogen functional groups attached to an aromatic ring is 1. The highest BCUT2D eigenvalue weighted by Crippen LogP contribution is 2.36. The Kier molecular flexibility index (Phi) is 3.78. The van der Waals surface area contributed by atoms with Crippen LogP contribution >= 0.6 is 0 Å². The number of hydrogen-bond acceptors (Lipinski definition) is 7. The van der Waals surface area contributed by atoms with Crippen LogP contribution in [0.5, 0.6) is 0 Å². The van der Waals surface area contributed by atoms with E-state index in [1.54, 1.807) is 0 Å². The average molecular weight is 281 g/mol. The fourth-order valence-electron chi connectivity index (χ4n) is 2.11. The molecule has 8 nitrogen and oxygen atoms in total. The lowest BCUT2D eigenvalue weighted by molar-refractivity contribution is -0.0937. The molecule has 0 saturated carbocycles. The van der Waals surface area contributed by atoms with E-state index in [4.69, 9.17) is 10.5 Å². The number of nitrogens with two attached hydrogens (primary N) is 1. The first-order chi connectivity index (χ1) is 9.45. The number of anilines is 1. The highest BCUT2D eigenvalue weighted by atomic mass is 16.6. The Labute approximate surface area is 114 Å². The predicted molar refractivity (Wildman–Crippen MR) is 68.3 cm³/mol. The van der Waals surface area contributed by atoms with E-state index in [2.05, 4.69) is 16.8 Å². The van der Waals surface area contributed by atoms with Crippen molar-refractivity contribution >= 4 is 5.82 Å². The number of aromatic nitrogens is 2. The van der Waals surface area contributed by atoms with Gasteiger partial charge in [-0.15, -0.1) is 5.92 Å². The Hall–Kier alpha value is -1.92. The minimum Gasteiger partial charge on any atom is -0.392 e. The summed E-state index contributed by atoms with van der Waals surface area (Å²) in [6, 6.07) is 1.36. The van der Waals surface area contributed by atoms with E-state index in [9.17, 15) is 20.1 Å². The van der Waals surface area contributed by atoms with E-state index >= 15 is 0 Å². The largest absolute Gasteiger partial charge is 0.392 e. The quantitative estimate of drug-likeness (QED) is 0.454. The van der Waals surface area contributed by atoms with E-state index < -0.39 is 36.3 Å². The SMILES string of the molecule is CC#C[C@]1(CO)O[C@@H](n2ccc(N)nc2=O)[C@@H](O)[C@@H]1O. The Morgan fingerprint density at radius 1 is 1.60 bits per heavy atom. The van der Waals surface area contributed by atoms with Crippen molar-refractivity contribution in [2.45, 2.75) is 31.0 Å². The maximum Gasteiger partial charge on any atom is 0.351 e. The van der Waals surface area contributed by atoms with E-state index in [0.717, 1.165) is 4.57 Å². The number of aliphatic hydroxyl groups is 3. The predicted octanol–water partition coefficient (Wildman–Crippen LogP) is -2.17. The summed E-state index contributed by atoms with van der Waals surface area (Å²) in [7, 11) is 0. The van der Waals surface area contributed by atoms with Crippen molar-refractivity contribution in [3.63, 3.8) is 0 Å². The minimum atomic E-state index is -1.64. The fraction of sp³-hybridized carbons (Fsp3) is 0.500. The zero-order valence-corrected chi connectivity index (χ0v) is 10.7. The lowest BCUT2D eigenvalue weighted by atomic mass is 9.97. The van der Waals surface area contributed by atoms with Gasteiger partial charge in [-0.1, -0.05) is 5.92 Å². The minimum absolute atomic E-state index is 0.0288. The van der Waals surface area contributed by atoms with Gasteiger partial charge >= 0.3 is 5.69 Å². The van der Waals surface area contributed by atoms with Crippen molar-refractivity contribution in [1.29, 1.82) is 0 Å². The molecule has 1 aliphatic rings. The van der Waals surface area contributed by atoms with E-state index in [0.29, 0.717) is 0 Å². The van der Waals surface area contributed by atoms with Crippen molar-refractivity contribution < 1.29 is 20.1 Å². The van der Waals surface area contributed by atoms with E-state index in [1.165, 1.54) is 19.2 Å². The molecule has 2 rings (SSSR count). The van der Waals surface area contributed by atoms with Crippen LogP contribution in [0.2, 0.25) is 0 Å². The van der Waals surface area contributed by atoms with Gasteiger partial charge in [0.25, 0.3) is 0 Å². The van der Waals surface area contributed by atoms with Gasteiger partial charge < -0.3 is 25.8 Å². The molecule has 0 aliphatic carbocycles. The molecular weight excluding hydrogens is 266 g/mol. The monoisotopic (exact) mass is 281 g/mol. The van der Waals surface area contributed by atoms with E-state index in [1.807, 2.05) is 0 Å². The molecule has 1 aromatic rings. The van der Waals surface area contributed by atoms with Crippen LogP contribution in [0.15, 0.2) is 17.1 Å². The van der Waals surface area contributed by atoms with Crippen molar-refractivity contribution in [2.24, 2.45) is 0 Å². The number of rotatable bonds is 2. The third-order valence-electron chi connectivity index (χ3n) is 3.12. The molecule has 8 heteroatoms. The molecule has 0 amide bonds. The molecule has 1 fully saturated rings. The number of nitrogens with zero attached hydrogens (tertiary/aromatic N) is 2. The summed E-state index contributed by atoms with van der Waals surface area (Å²) in [6.07, 6.45) is -2.82.